The molecule has 1 rings (SSSR count). The van der Waals surface area contributed by atoms with Crippen LogP contribution in [-0.4, -0.2) is 18.0 Å². The van der Waals surface area contributed by atoms with Crippen LogP contribution in [0, 0.1) is 12.3 Å². The number of hydrogen-bond donors (Lipinski definition) is 2. The van der Waals surface area contributed by atoms with Gasteiger partial charge in [-0.25, -0.2) is 0 Å². The second-order valence-corrected chi connectivity index (χ2v) is 4.72. The number of aliphatic imine (C=N–C) groups is 1. The summed E-state index contributed by atoms with van der Waals surface area (Å²) in [4.78, 5) is 4.51. The van der Waals surface area contributed by atoms with Crippen molar-refractivity contribution in [3.8, 4) is 12.3 Å². The number of guanidine groups is 1. The van der Waals surface area contributed by atoms with E-state index >= 15 is 0 Å². The second kappa shape index (κ2) is 6.70. The van der Waals surface area contributed by atoms with Crippen molar-refractivity contribution in [1.29, 1.82) is 0 Å². The minimum atomic E-state index is 0.240. The fourth-order valence-electron chi connectivity index (χ4n) is 1.42. The van der Waals surface area contributed by atoms with Crippen molar-refractivity contribution in [3.63, 3.8) is 0 Å². The Morgan fingerprint density at radius 2 is 1.78 bits per heavy atom. The van der Waals surface area contributed by atoms with Crippen molar-refractivity contribution >= 4 is 11.6 Å². The molecule has 0 fully saturated rings. The molecule has 0 saturated heterocycles. The highest BCUT2D eigenvalue weighted by atomic mass is 15.2. The maximum atomic E-state index is 5.33. The van der Waals surface area contributed by atoms with Crippen LogP contribution in [0.25, 0.3) is 0 Å². The molecule has 0 unspecified atom stereocenters. The molecular formula is C15H21N3. The molecule has 0 aliphatic heterocycles. The molecule has 2 N–H and O–H groups in total. The van der Waals surface area contributed by atoms with Gasteiger partial charge in [-0.3, -0.25) is 4.99 Å². The molecule has 0 radical (unpaired) electrons. The van der Waals surface area contributed by atoms with Crippen molar-refractivity contribution in [2.45, 2.75) is 39.8 Å². The van der Waals surface area contributed by atoms with Crippen LogP contribution in [0.1, 0.15) is 33.3 Å². The van der Waals surface area contributed by atoms with Gasteiger partial charge in [0.15, 0.2) is 5.96 Å². The predicted molar refractivity (Wildman–Crippen MR) is 78.8 cm³/mol. The van der Waals surface area contributed by atoms with Crippen molar-refractivity contribution in [2.75, 3.05) is 5.32 Å². The molecule has 18 heavy (non-hydrogen) atoms. The smallest absolute Gasteiger partial charge is 0.196 e. The Morgan fingerprint density at radius 1 is 1.17 bits per heavy atom. The van der Waals surface area contributed by atoms with Crippen LogP contribution < -0.4 is 10.6 Å². The van der Waals surface area contributed by atoms with Gasteiger partial charge < -0.3 is 10.6 Å². The van der Waals surface area contributed by atoms with Crippen LogP contribution in [0.5, 0.6) is 0 Å². The third-order valence-electron chi connectivity index (χ3n) is 2.13. The van der Waals surface area contributed by atoms with E-state index in [1.165, 1.54) is 0 Å². The molecule has 0 atom stereocenters. The minimum absolute atomic E-state index is 0.240. The molecule has 0 amide bonds. The van der Waals surface area contributed by atoms with Crippen molar-refractivity contribution in [3.05, 3.63) is 29.8 Å². The van der Waals surface area contributed by atoms with Crippen LogP contribution in [0.2, 0.25) is 0 Å². The number of terminal acetylenes is 1. The van der Waals surface area contributed by atoms with Gasteiger partial charge in [-0.2, -0.15) is 0 Å². The quantitative estimate of drug-likeness (QED) is 0.486. The minimum Gasteiger partial charge on any atom is -0.354 e. The zero-order chi connectivity index (χ0) is 13.5. The fraction of sp³-hybridized carbons (Fsp3) is 0.400. The van der Waals surface area contributed by atoms with Gasteiger partial charge in [0.1, 0.15) is 0 Å². The van der Waals surface area contributed by atoms with Crippen molar-refractivity contribution in [2.24, 2.45) is 4.99 Å². The van der Waals surface area contributed by atoms with Gasteiger partial charge in [-0.05, 0) is 52.0 Å². The predicted octanol–water partition coefficient (Wildman–Crippen LogP) is 2.84. The van der Waals surface area contributed by atoms with E-state index in [1.807, 2.05) is 38.1 Å². The Labute approximate surface area is 110 Å². The van der Waals surface area contributed by atoms with Gasteiger partial charge in [-0.1, -0.05) is 5.92 Å². The summed E-state index contributed by atoms with van der Waals surface area (Å²) in [5.74, 6) is 3.38. The highest BCUT2D eigenvalue weighted by Crippen LogP contribution is 2.08. The van der Waals surface area contributed by atoms with E-state index in [-0.39, 0.29) is 6.04 Å². The molecule has 1 aromatic carbocycles. The van der Waals surface area contributed by atoms with Gasteiger partial charge in [0.2, 0.25) is 0 Å². The second-order valence-electron chi connectivity index (χ2n) is 4.72. The van der Waals surface area contributed by atoms with Gasteiger partial charge in [0.05, 0.1) is 0 Å². The standard InChI is InChI=1S/C15H21N3/c1-6-13-7-9-14(10-8-13)18-15(16-11(2)3)17-12(4)5/h1,7-12H,2-5H3,(H2,16,17,18). The lowest BCUT2D eigenvalue weighted by atomic mass is 10.2. The van der Waals surface area contributed by atoms with Gasteiger partial charge in [-0.15, -0.1) is 6.42 Å². The number of anilines is 1. The maximum Gasteiger partial charge on any atom is 0.196 e. The molecule has 1 aromatic rings. The third kappa shape index (κ3) is 4.92. The zero-order valence-corrected chi connectivity index (χ0v) is 11.5. The first-order chi connectivity index (χ1) is 8.51. The van der Waals surface area contributed by atoms with E-state index in [0.29, 0.717) is 6.04 Å². The SMILES string of the molecule is C#Cc1ccc(NC(=NC(C)C)NC(C)C)cc1. The zero-order valence-electron chi connectivity index (χ0n) is 11.5. The normalized spacial score (nSPS) is 11.5. The monoisotopic (exact) mass is 243 g/mol. The average molecular weight is 243 g/mol. The number of hydrogen-bond acceptors (Lipinski definition) is 1. The van der Waals surface area contributed by atoms with E-state index in [1.54, 1.807) is 0 Å². The molecule has 0 aliphatic carbocycles. The first kappa shape index (κ1) is 14.1. The lowest BCUT2D eigenvalue weighted by molar-refractivity contribution is 0.717. The Bertz CT molecular complexity index is 436. The fourth-order valence-corrected chi connectivity index (χ4v) is 1.42. The first-order valence-electron chi connectivity index (χ1n) is 6.19. The Hall–Kier alpha value is -1.95. The number of benzene rings is 1. The Kier molecular flexibility index (Phi) is 5.26. The third-order valence-corrected chi connectivity index (χ3v) is 2.13. The summed E-state index contributed by atoms with van der Waals surface area (Å²) in [6.45, 7) is 8.26. The molecule has 0 spiro atoms. The molecule has 3 heteroatoms. The lowest BCUT2D eigenvalue weighted by Crippen LogP contribution is -2.36. The topological polar surface area (TPSA) is 36.4 Å². The van der Waals surface area contributed by atoms with Crippen molar-refractivity contribution in [1.82, 2.24) is 5.32 Å². The Balaban J connectivity index is 2.79. The van der Waals surface area contributed by atoms with Gasteiger partial charge in [0.25, 0.3) is 0 Å². The average Bonchev–Trinajstić information content (AvgIpc) is 2.28. The lowest BCUT2D eigenvalue weighted by Gasteiger charge is -2.16. The molecule has 0 heterocycles. The highest BCUT2D eigenvalue weighted by molar-refractivity contribution is 5.93. The molecule has 0 aliphatic rings. The van der Waals surface area contributed by atoms with E-state index in [0.717, 1.165) is 17.2 Å². The van der Waals surface area contributed by atoms with E-state index in [4.69, 9.17) is 6.42 Å². The van der Waals surface area contributed by atoms with Crippen LogP contribution >= 0.6 is 0 Å². The number of nitrogens with zero attached hydrogens (tertiary/aromatic N) is 1. The largest absolute Gasteiger partial charge is 0.354 e. The molecule has 0 saturated carbocycles. The first-order valence-corrected chi connectivity index (χ1v) is 6.19. The van der Waals surface area contributed by atoms with Crippen LogP contribution in [0.3, 0.4) is 0 Å². The molecule has 3 nitrogen and oxygen atoms in total. The maximum absolute atomic E-state index is 5.33. The van der Waals surface area contributed by atoms with E-state index in [9.17, 15) is 0 Å². The molecule has 0 bridgehead atoms. The number of rotatable bonds is 3. The van der Waals surface area contributed by atoms with Crippen LogP contribution in [0.4, 0.5) is 5.69 Å². The van der Waals surface area contributed by atoms with Gasteiger partial charge in [0, 0.05) is 23.3 Å². The summed E-state index contributed by atoms with van der Waals surface area (Å²) < 4.78 is 0. The highest BCUT2D eigenvalue weighted by Gasteiger charge is 2.03. The molecular weight excluding hydrogens is 222 g/mol. The Morgan fingerprint density at radius 3 is 2.22 bits per heavy atom. The summed E-state index contributed by atoms with van der Waals surface area (Å²) in [5.41, 5.74) is 1.85. The summed E-state index contributed by atoms with van der Waals surface area (Å²) in [5, 5.41) is 6.55. The molecule has 0 aromatic heterocycles. The van der Waals surface area contributed by atoms with E-state index < -0.39 is 0 Å². The van der Waals surface area contributed by atoms with Gasteiger partial charge >= 0.3 is 0 Å². The van der Waals surface area contributed by atoms with Crippen molar-refractivity contribution < 1.29 is 0 Å². The van der Waals surface area contributed by atoms with Crippen LogP contribution in [0.15, 0.2) is 29.3 Å². The summed E-state index contributed by atoms with van der Waals surface area (Å²) in [6, 6.07) is 8.29. The number of nitrogens with one attached hydrogen (secondary N) is 2. The van der Waals surface area contributed by atoms with E-state index in [2.05, 4.69) is 35.4 Å². The summed E-state index contributed by atoms with van der Waals surface area (Å²) in [7, 11) is 0. The van der Waals surface area contributed by atoms with Crippen LogP contribution in [-0.2, 0) is 0 Å². The summed E-state index contributed by atoms with van der Waals surface area (Å²) >= 11 is 0. The summed E-state index contributed by atoms with van der Waals surface area (Å²) in [6.07, 6.45) is 5.33. The molecule has 96 valence electrons.